The first kappa shape index (κ1) is 20.1. The third-order valence-corrected chi connectivity index (χ3v) is 5.37. The summed E-state index contributed by atoms with van der Waals surface area (Å²) in [5.41, 5.74) is 2.75. The molecule has 0 radical (unpaired) electrons. The van der Waals surface area contributed by atoms with Crippen molar-refractivity contribution in [1.29, 1.82) is 0 Å². The third kappa shape index (κ3) is 4.86. The Hall–Kier alpha value is -3.19. The van der Waals surface area contributed by atoms with Crippen LogP contribution < -0.4 is 10.2 Å². The summed E-state index contributed by atoms with van der Waals surface area (Å²) in [5, 5.41) is 11.6. The van der Waals surface area contributed by atoms with Crippen LogP contribution >= 0.6 is 0 Å². The first-order valence-electron chi connectivity index (χ1n) is 10.3. The SMILES string of the molecule is Cc1cccc(C(=O)N[C@H](Cc2ccccc2)c2nnc(N3CCN(C)CC3)o2)c1. The Balaban J connectivity index is 1.55. The molecular formula is C23H27N5O2. The van der Waals surface area contributed by atoms with Gasteiger partial charge in [-0.15, -0.1) is 5.10 Å². The van der Waals surface area contributed by atoms with Gasteiger partial charge in [0.15, 0.2) is 0 Å². The van der Waals surface area contributed by atoms with E-state index in [1.807, 2.05) is 61.5 Å². The molecule has 7 heteroatoms. The summed E-state index contributed by atoms with van der Waals surface area (Å²) >= 11 is 0. The maximum Gasteiger partial charge on any atom is 0.318 e. The number of likely N-dealkylation sites (N-methyl/N-ethyl adjacent to an activating group) is 1. The highest BCUT2D eigenvalue weighted by molar-refractivity contribution is 5.94. The summed E-state index contributed by atoms with van der Waals surface area (Å²) < 4.78 is 6.02. The number of nitrogens with zero attached hydrogens (tertiary/aromatic N) is 4. The summed E-state index contributed by atoms with van der Waals surface area (Å²) in [7, 11) is 2.10. The van der Waals surface area contributed by atoms with Crippen molar-refractivity contribution in [2.45, 2.75) is 19.4 Å². The van der Waals surface area contributed by atoms with Crippen molar-refractivity contribution in [3.63, 3.8) is 0 Å². The Bertz CT molecular complexity index is 980. The van der Waals surface area contributed by atoms with Crippen molar-refractivity contribution < 1.29 is 9.21 Å². The molecule has 1 amide bonds. The lowest BCUT2D eigenvalue weighted by Crippen LogP contribution is -2.44. The number of nitrogens with one attached hydrogen (secondary N) is 1. The molecular weight excluding hydrogens is 378 g/mol. The molecule has 1 N–H and O–H groups in total. The van der Waals surface area contributed by atoms with Crippen LogP contribution in [0.3, 0.4) is 0 Å². The molecule has 1 aliphatic heterocycles. The Morgan fingerprint density at radius 2 is 1.83 bits per heavy atom. The number of carbonyl (C=O) groups is 1. The lowest BCUT2D eigenvalue weighted by Gasteiger charge is -2.30. The summed E-state index contributed by atoms with van der Waals surface area (Å²) in [6.07, 6.45) is 0.572. The highest BCUT2D eigenvalue weighted by Crippen LogP contribution is 2.22. The van der Waals surface area contributed by atoms with Gasteiger partial charge in [0.25, 0.3) is 5.91 Å². The average Bonchev–Trinajstić information content (AvgIpc) is 3.25. The molecule has 156 valence electrons. The van der Waals surface area contributed by atoms with Gasteiger partial charge in [-0.2, -0.15) is 0 Å². The maximum absolute atomic E-state index is 12.9. The third-order valence-electron chi connectivity index (χ3n) is 5.37. The Morgan fingerprint density at radius 3 is 2.57 bits per heavy atom. The van der Waals surface area contributed by atoms with Crippen LogP contribution in [0.2, 0.25) is 0 Å². The van der Waals surface area contributed by atoms with Gasteiger partial charge in [0.2, 0.25) is 5.89 Å². The van der Waals surface area contributed by atoms with Crippen molar-refractivity contribution in [3.05, 3.63) is 77.2 Å². The minimum absolute atomic E-state index is 0.154. The number of amides is 1. The minimum Gasteiger partial charge on any atom is -0.406 e. The predicted molar refractivity (Wildman–Crippen MR) is 116 cm³/mol. The van der Waals surface area contributed by atoms with Crippen molar-refractivity contribution in [3.8, 4) is 0 Å². The van der Waals surface area contributed by atoms with Gasteiger partial charge >= 0.3 is 6.01 Å². The Morgan fingerprint density at radius 1 is 1.07 bits per heavy atom. The highest BCUT2D eigenvalue weighted by Gasteiger charge is 2.25. The molecule has 2 aromatic carbocycles. The number of anilines is 1. The van der Waals surface area contributed by atoms with E-state index in [0.717, 1.165) is 37.3 Å². The second-order valence-corrected chi connectivity index (χ2v) is 7.80. The average molecular weight is 406 g/mol. The molecule has 1 aliphatic rings. The number of benzene rings is 2. The fourth-order valence-electron chi connectivity index (χ4n) is 3.57. The molecule has 4 rings (SSSR count). The number of aryl methyl sites for hydroxylation is 1. The van der Waals surface area contributed by atoms with Crippen LogP contribution in [-0.4, -0.2) is 54.2 Å². The van der Waals surface area contributed by atoms with E-state index in [1.165, 1.54) is 0 Å². The van der Waals surface area contributed by atoms with Crippen LogP contribution in [0.5, 0.6) is 0 Å². The van der Waals surface area contributed by atoms with Crippen LogP contribution in [0, 0.1) is 6.92 Å². The number of rotatable bonds is 6. The van der Waals surface area contributed by atoms with Crippen LogP contribution in [-0.2, 0) is 6.42 Å². The quantitative estimate of drug-likeness (QED) is 0.680. The molecule has 1 atom stereocenters. The fraction of sp³-hybridized carbons (Fsp3) is 0.348. The first-order chi connectivity index (χ1) is 14.6. The monoisotopic (exact) mass is 405 g/mol. The number of aromatic nitrogens is 2. The molecule has 0 aliphatic carbocycles. The molecule has 2 heterocycles. The molecule has 1 aromatic heterocycles. The normalized spacial score (nSPS) is 15.7. The lowest BCUT2D eigenvalue weighted by atomic mass is 10.0. The van der Waals surface area contributed by atoms with Crippen LogP contribution in [0.15, 0.2) is 59.0 Å². The smallest absolute Gasteiger partial charge is 0.318 e. The summed E-state index contributed by atoms with van der Waals surface area (Å²) in [6.45, 7) is 5.57. The van der Waals surface area contributed by atoms with Gasteiger partial charge in [0.1, 0.15) is 6.04 Å². The second-order valence-electron chi connectivity index (χ2n) is 7.80. The molecule has 0 unspecified atom stereocenters. The molecule has 30 heavy (non-hydrogen) atoms. The van der Waals surface area contributed by atoms with E-state index < -0.39 is 6.04 Å². The van der Waals surface area contributed by atoms with E-state index in [4.69, 9.17) is 4.42 Å². The number of piperazine rings is 1. The second kappa shape index (κ2) is 9.09. The molecule has 0 bridgehead atoms. The minimum atomic E-state index is -0.408. The zero-order valence-electron chi connectivity index (χ0n) is 17.4. The molecule has 7 nitrogen and oxygen atoms in total. The zero-order valence-corrected chi connectivity index (χ0v) is 17.4. The van der Waals surface area contributed by atoms with Gasteiger partial charge in [-0.3, -0.25) is 4.79 Å². The van der Waals surface area contributed by atoms with Gasteiger partial charge in [0, 0.05) is 38.2 Å². The van der Waals surface area contributed by atoms with E-state index in [-0.39, 0.29) is 5.91 Å². The number of hydrogen-bond acceptors (Lipinski definition) is 6. The molecule has 3 aromatic rings. The zero-order chi connectivity index (χ0) is 20.9. The maximum atomic E-state index is 12.9. The van der Waals surface area contributed by atoms with E-state index in [1.54, 1.807) is 0 Å². The molecule has 1 fully saturated rings. The van der Waals surface area contributed by atoms with Crippen LogP contribution in [0.4, 0.5) is 6.01 Å². The Labute approximate surface area is 176 Å². The van der Waals surface area contributed by atoms with Gasteiger partial charge in [-0.25, -0.2) is 0 Å². The van der Waals surface area contributed by atoms with E-state index in [9.17, 15) is 4.79 Å². The van der Waals surface area contributed by atoms with Crippen molar-refractivity contribution >= 4 is 11.9 Å². The largest absolute Gasteiger partial charge is 0.406 e. The van der Waals surface area contributed by atoms with Gasteiger partial charge in [-0.1, -0.05) is 53.1 Å². The summed E-state index contributed by atoms with van der Waals surface area (Å²) in [5.74, 6) is 0.271. The predicted octanol–water partition coefficient (Wildman–Crippen LogP) is 2.84. The van der Waals surface area contributed by atoms with E-state index in [0.29, 0.717) is 23.9 Å². The number of carbonyl (C=O) groups excluding carboxylic acids is 1. The van der Waals surface area contributed by atoms with E-state index >= 15 is 0 Å². The number of hydrogen-bond donors (Lipinski definition) is 1. The van der Waals surface area contributed by atoms with Crippen molar-refractivity contribution in [2.24, 2.45) is 0 Å². The molecule has 1 saturated heterocycles. The van der Waals surface area contributed by atoms with Crippen LogP contribution in [0.1, 0.15) is 33.4 Å². The van der Waals surface area contributed by atoms with Gasteiger partial charge < -0.3 is 19.5 Å². The Kier molecular flexibility index (Phi) is 6.09. The van der Waals surface area contributed by atoms with Gasteiger partial charge in [-0.05, 0) is 31.7 Å². The summed E-state index contributed by atoms with van der Waals surface area (Å²) in [4.78, 5) is 17.3. The molecule has 0 spiro atoms. The van der Waals surface area contributed by atoms with E-state index in [2.05, 4.69) is 32.4 Å². The summed E-state index contributed by atoms with van der Waals surface area (Å²) in [6, 6.07) is 17.7. The topological polar surface area (TPSA) is 74.5 Å². The standard InChI is InChI=1S/C23H27N5O2/c1-17-7-6-10-19(15-17)21(29)24-20(16-18-8-4-3-5-9-18)22-25-26-23(30-22)28-13-11-27(2)12-14-28/h3-10,15,20H,11-14,16H2,1-2H3,(H,24,29)/t20-/m1/s1. The van der Waals surface area contributed by atoms with Crippen LogP contribution in [0.25, 0.3) is 0 Å². The first-order valence-corrected chi connectivity index (χ1v) is 10.3. The molecule has 0 saturated carbocycles. The fourth-order valence-corrected chi connectivity index (χ4v) is 3.57. The highest BCUT2D eigenvalue weighted by atomic mass is 16.4. The van der Waals surface area contributed by atoms with Crippen molar-refractivity contribution in [2.75, 3.05) is 38.1 Å². The van der Waals surface area contributed by atoms with Gasteiger partial charge in [0.05, 0.1) is 0 Å². The van der Waals surface area contributed by atoms with Crippen molar-refractivity contribution in [1.82, 2.24) is 20.4 Å². The lowest BCUT2D eigenvalue weighted by molar-refractivity contribution is 0.0930.